The van der Waals surface area contributed by atoms with Crippen LogP contribution in [-0.2, 0) is 9.59 Å². The van der Waals surface area contributed by atoms with Crippen LogP contribution in [0.5, 0.6) is 0 Å². The van der Waals surface area contributed by atoms with Gasteiger partial charge in [0.1, 0.15) is 11.9 Å². The van der Waals surface area contributed by atoms with Gasteiger partial charge < -0.3 is 11.5 Å². The zero-order valence-corrected chi connectivity index (χ0v) is 14.2. The predicted octanol–water partition coefficient (Wildman–Crippen LogP) is 2.58. The van der Waals surface area contributed by atoms with Gasteiger partial charge in [-0.1, -0.05) is 44.8 Å². The van der Waals surface area contributed by atoms with Crippen LogP contribution < -0.4 is 11.5 Å². The number of carbonyl (C=O) groups excluding carboxylic acids is 2. The minimum absolute atomic E-state index is 0.214. The lowest BCUT2D eigenvalue weighted by molar-refractivity contribution is 0.565. The highest BCUT2D eigenvalue weighted by Crippen LogP contribution is 2.44. The highest BCUT2D eigenvalue weighted by Gasteiger charge is 2.26. The molecule has 0 heterocycles. The van der Waals surface area contributed by atoms with Gasteiger partial charge in [-0.2, -0.15) is 0 Å². The largest absolute Gasteiger partial charge is 0.319 e. The first-order valence-corrected chi connectivity index (χ1v) is 8.91. The van der Waals surface area contributed by atoms with Gasteiger partial charge >= 0.3 is 0 Å². The van der Waals surface area contributed by atoms with Crippen LogP contribution in [0.15, 0.2) is 55.3 Å². The predicted molar refractivity (Wildman–Crippen MR) is 93.6 cm³/mol. The van der Waals surface area contributed by atoms with Crippen molar-refractivity contribution in [2.75, 3.05) is 0 Å². The average Bonchev–Trinajstić information content (AvgIpc) is 2.49. The fourth-order valence-corrected chi connectivity index (χ4v) is 4.61. The summed E-state index contributed by atoms with van der Waals surface area (Å²) in [5.41, 5.74) is 12.4. The first kappa shape index (κ1) is 17.4. The Morgan fingerprint density at radius 3 is 1.50 bits per heavy atom. The summed E-state index contributed by atoms with van der Waals surface area (Å²) in [6.07, 6.45) is 6.66. The van der Waals surface area contributed by atoms with E-state index in [1.165, 1.54) is 21.6 Å². The maximum Gasteiger partial charge on any atom is 0.131 e. The van der Waals surface area contributed by atoms with Crippen LogP contribution in [0.3, 0.4) is 0 Å². The number of hydrogen-bond donors (Lipinski definition) is 2. The summed E-state index contributed by atoms with van der Waals surface area (Å²) < 4.78 is 0. The molecule has 0 amide bonds. The molecule has 8 heteroatoms. The fourth-order valence-electron chi connectivity index (χ4n) is 1.76. The Morgan fingerprint density at radius 1 is 0.818 bits per heavy atom. The standard InChI is InChI=1S/C14H10Cl2N2O2S2/c15-9-1-3-11(13(17)7(9)5-19)21-22-12-4-2-10(16)8(6-20)14(12)18/h1-4,13-14H,17-18H2. The summed E-state index contributed by atoms with van der Waals surface area (Å²) in [6, 6.07) is -1.26. The average molecular weight is 373 g/mol. The van der Waals surface area contributed by atoms with Crippen molar-refractivity contribution >= 4 is 56.7 Å². The molecule has 0 spiro atoms. The van der Waals surface area contributed by atoms with E-state index < -0.39 is 12.1 Å². The third-order valence-corrected chi connectivity index (χ3v) is 6.30. The van der Waals surface area contributed by atoms with E-state index in [0.29, 0.717) is 0 Å². The van der Waals surface area contributed by atoms with Crippen molar-refractivity contribution in [3.05, 3.63) is 55.3 Å². The number of rotatable bonds is 3. The molecular weight excluding hydrogens is 363 g/mol. The number of allylic oxidation sites excluding steroid dienone is 4. The van der Waals surface area contributed by atoms with Gasteiger partial charge in [0.05, 0.1) is 33.3 Å². The molecule has 4 N–H and O–H groups in total. The van der Waals surface area contributed by atoms with Gasteiger partial charge in [-0.05, 0) is 24.3 Å². The van der Waals surface area contributed by atoms with Crippen LogP contribution in [-0.4, -0.2) is 24.0 Å². The first-order chi connectivity index (χ1) is 10.5. The van der Waals surface area contributed by atoms with Crippen molar-refractivity contribution in [1.82, 2.24) is 0 Å². The lowest BCUT2D eigenvalue weighted by Gasteiger charge is -2.22. The van der Waals surface area contributed by atoms with Crippen molar-refractivity contribution in [3.8, 4) is 0 Å². The summed E-state index contributed by atoms with van der Waals surface area (Å²) in [4.78, 5) is 23.3. The van der Waals surface area contributed by atoms with E-state index in [1.807, 2.05) is 0 Å². The van der Waals surface area contributed by atoms with E-state index in [-0.39, 0.29) is 21.2 Å². The number of halogens is 2. The minimum Gasteiger partial charge on any atom is -0.319 e. The van der Waals surface area contributed by atoms with Crippen LogP contribution in [0.1, 0.15) is 0 Å². The normalized spacial score (nSPS) is 24.7. The third-order valence-electron chi connectivity index (χ3n) is 2.99. The van der Waals surface area contributed by atoms with E-state index in [9.17, 15) is 9.59 Å². The highest BCUT2D eigenvalue weighted by atomic mass is 35.5. The second-order valence-corrected chi connectivity index (χ2v) is 7.41. The molecule has 0 aromatic carbocycles. The molecule has 0 aromatic rings. The zero-order chi connectivity index (χ0) is 16.3. The SMILES string of the molecule is NC1C(=C=O)C(Cl)=CC=C1SSC1=CC=C(Cl)C(=C=O)C1N. The first-order valence-electron chi connectivity index (χ1n) is 6.00. The van der Waals surface area contributed by atoms with Crippen LogP contribution in [0.4, 0.5) is 0 Å². The van der Waals surface area contributed by atoms with Gasteiger partial charge in [0.25, 0.3) is 0 Å². The van der Waals surface area contributed by atoms with Crippen LogP contribution in [0, 0.1) is 0 Å². The molecule has 2 aliphatic rings. The van der Waals surface area contributed by atoms with E-state index in [2.05, 4.69) is 0 Å². The summed E-state index contributed by atoms with van der Waals surface area (Å²) in [7, 11) is 2.67. The Hall–Kier alpha value is -0.940. The Bertz CT molecular complexity index is 665. The molecule has 2 aliphatic carbocycles. The van der Waals surface area contributed by atoms with Crippen molar-refractivity contribution in [3.63, 3.8) is 0 Å². The van der Waals surface area contributed by atoms with Gasteiger partial charge in [-0.3, -0.25) is 0 Å². The van der Waals surface area contributed by atoms with E-state index in [4.69, 9.17) is 34.7 Å². The second-order valence-electron chi connectivity index (χ2n) is 4.32. The van der Waals surface area contributed by atoms with E-state index in [0.717, 1.165) is 9.81 Å². The van der Waals surface area contributed by atoms with Gasteiger partial charge in [-0.15, -0.1) is 0 Å². The molecule has 0 aromatic heterocycles. The second kappa shape index (κ2) is 7.55. The molecular formula is C14H10Cl2N2O2S2. The molecule has 0 radical (unpaired) electrons. The molecule has 0 saturated heterocycles. The molecule has 22 heavy (non-hydrogen) atoms. The maximum atomic E-state index is 10.9. The zero-order valence-electron chi connectivity index (χ0n) is 11.0. The van der Waals surface area contributed by atoms with Gasteiger partial charge in [0, 0.05) is 9.81 Å². The maximum absolute atomic E-state index is 10.9. The van der Waals surface area contributed by atoms with Crippen LogP contribution in [0.2, 0.25) is 0 Å². The Labute approximate surface area is 145 Å². The summed E-state index contributed by atoms with van der Waals surface area (Å²) in [6.45, 7) is 0. The smallest absolute Gasteiger partial charge is 0.131 e. The van der Waals surface area contributed by atoms with Crippen LogP contribution >= 0.6 is 44.8 Å². The number of hydrogen-bond acceptors (Lipinski definition) is 6. The Balaban J connectivity index is 2.14. The Kier molecular flexibility index (Phi) is 5.98. The van der Waals surface area contributed by atoms with E-state index in [1.54, 1.807) is 36.2 Å². The van der Waals surface area contributed by atoms with Crippen molar-refractivity contribution < 1.29 is 9.59 Å². The molecule has 2 atom stereocenters. The fraction of sp³-hybridized carbons (Fsp3) is 0.143. The summed E-state index contributed by atoms with van der Waals surface area (Å²) in [5, 5.41) is 0.567. The van der Waals surface area contributed by atoms with Crippen molar-refractivity contribution in [2.24, 2.45) is 11.5 Å². The molecule has 0 saturated carbocycles. The van der Waals surface area contributed by atoms with E-state index >= 15 is 0 Å². The molecule has 2 unspecified atom stereocenters. The van der Waals surface area contributed by atoms with Crippen molar-refractivity contribution in [1.29, 1.82) is 0 Å². The van der Waals surface area contributed by atoms with Crippen LogP contribution in [0.25, 0.3) is 0 Å². The highest BCUT2D eigenvalue weighted by molar-refractivity contribution is 8.79. The number of nitrogens with two attached hydrogens (primary N) is 2. The molecule has 2 rings (SSSR count). The molecule has 4 nitrogen and oxygen atoms in total. The lowest BCUT2D eigenvalue weighted by Crippen LogP contribution is -2.27. The summed E-state index contributed by atoms with van der Waals surface area (Å²) in [5.74, 6) is 3.52. The van der Waals surface area contributed by atoms with Crippen molar-refractivity contribution in [2.45, 2.75) is 12.1 Å². The van der Waals surface area contributed by atoms with Gasteiger partial charge in [-0.25, -0.2) is 9.59 Å². The molecule has 114 valence electrons. The topological polar surface area (TPSA) is 86.2 Å². The summed E-state index contributed by atoms with van der Waals surface area (Å²) >= 11 is 11.8. The monoisotopic (exact) mass is 372 g/mol. The quantitative estimate of drug-likeness (QED) is 0.584. The van der Waals surface area contributed by atoms with Gasteiger partial charge in [0.2, 0.25) is 0 Å². The molecule has 0 bridgehead atoms. The molecule has 0 aliphatic heterocycles. The molecule has 0 fully saturated rings. The lowest BCUT2D eigenvalue weighted by atomic mass is 10.0. The Morgan fingerprint density at radius 2 is 1.18 bits per heavy atom. The van der Waals surface area contributed by atoms with Gasteiger partial charge in [0.15, 0.2) is 0 Å². The third kappa shape index (κ3) is 3.51. The minimum atomic E-state index is -0.631.